The van der Waals surface area contributed by atoms with Crippen LogP contribution in [0.25, 0.3) is 16.5 Å². The standard InChI is InChI=1S/C22H20N4O2/c1-24-20-16-12-25-19(22(8-9-22)21(23)27)10-14(16)15(11-26-20)18-7-6-13-4-2-3-5-17(13)28-18/h2-5,7,10-12H,6,8-9H2,1H3,(H2,23,27)(H,24,26). The molecule has 0 atom stereocenters. The number of primary amides is 1. The Morgan fingerprint density at radius 2 is 2.00 bits per heavy atom. The molecular formula is C22H20N4O2. The van der Waals surface area contributed by atoms with Crippen LogP contribution in [0.5, 0.6) is 5.75 Å². The lowest BCUT2D eigenvalue weighted by molar-refractivity contribution is -0.120. The number of nitrogens with one attached hydrogen (secondary N) is 1. The van der Waals surface area contributed by atoms with Crippen LogP contribution in [0.15, 0.2) is 48.8 Å². The Balaban J connectivity index is 1.67. The van der Waals surface area contributed by atoms with Gasteiger partial charge in [0.2, 0.25) is 5.91 Å². The summed E-state index contributed by atoms with van der Waals surface area (Å²) in [7, 11) is 1.83. The fourth-order valence-corrected chi connectivity index (χ4v) is 3.85. The molecule has 140 valence electrons. The highest BCUT2D eigenvalue weighted by molar-refractivity contribution is 6.00. The molecule has 1 aliphatic carbocycles. The van der Waals surface area contributed by atoms with Crippen LogP contribution in [-0.2, 0) is 16.6 Å². The zero-order valence-corrected chi connectivity index (χ0v) is 15.5. The van der Waals surface area contributed by atoms with E-state index in [4.69, 9.17) is 10.5 Å². The molecule has 0 spiro atoms. The number of hydrogen-bond donors (Lipinski definition) is 2. The van der Waals surface area contributed by atoms with Crippen LogP contribution >= 0.6 is 0 Å². The highest BCUT2D eigenvalue weighted by Gasteiger charge is 2.51. The number of fused-ring (bicyclic) bond motifs is 2. The van der Waals surface area contributed by atoms with E-state index in [2.05, 4.69) is 27.4 Å². The van der Waals surface area contributed by atoms with Gasteiger partial charge in [0.15, 0.2) is 0 Å². The van der Waals surface area contributed by atoms with Gasteiger partial charge in [-0.25, -0.2) is 4.98 Å². The van der Waals surface area contributed by atoms with E-state index in [1.165, 1.54) is 0 Å². The average molecular weight is 372 g/mol. The first-order valence-electron chi connectivity index (χ1n) is 9.35. The van der Waals surface area contributed by atoms with Crippen LogP contribution in [-0.4, -0.2) is 22.9 Å². The smallest absolute Gasteiger partial charge is 0.229 e. The van der Waals surface area contributed by atoms with Crippen molar-refractivity contribution in [2.45, 2.75) is 24.7 Å². The van der Waals surface area contributed by atoms with Crippen molar-refractivity contribution in [3.05, 3.63) is 65.6 Å². The predicted octanol–water partition coefficient (Wildman–Crippen LogP) is 3.16. The fourth-order valence-electron chi connectivity index (χ4n) is 3.85. The molecule has 0 saturated heterocycles. The van der Waals surface area contributed by atoms with Gasteiger partial charge in [0.25, 0.3) is 0 Å². The molecule has 0 bridgehead atoms. The van der Waals surface area contributed by atoms with E-state index < -0.39 is 5.41 Å². The normalized spacial score (nSPS) is 16.7. The number of anilines is 1. The number of hydrogen-bond acceptors (Lipinski definition) is 5. The lowest BCUT2D eigenvalue weighted by Gasteiger charge is -2.20. The number of aromatic nitrogens is 2. The molecule has 3 N–H and O–H groups in total. The summed E-state index contributed by atoms with van der Waals surface area (Å²) < 4.78 is 6.18. The van der Waals surface area contributed by atoms with Gasteiger partial charge in [-0.15, -0.1) is 0 Å². The molecule has 6 nitrogen and oxygen atoms in total. The van der Waals surface area contributed by atoms with Gasteiger partial charge in [0, 0.05) is 35.8 Å². The number of carbonyl (C=O) groups is 1. The van der Waals surface area contributed by atoms with Crippen molar-refractivity contribution < 1.29 is 9.53 Å². The second kappa shape index (κ2) is 6.05. The molecule has 1 aliphatic heterocycles. The van der Waals surface area contributed by atoms with Crippen LogP contribution in [0.3, 0.4) is 0 Å². The molecule has 2 aliphatic rings. The molecule has 3 aromatic rings. The van der Waals surface area contributed by atoms with Gasteiger partial charge < -0.3 is 15.8 Å². The maximum absolute atomic E-state index is 12.0. The first-order chi connectivity index (χ1) is 13.6. The van der Waals surface area contributed by atoms with Gasteiger partial charge in [-0.05, 0) is 43.0 Å². The predicted molar refractivity (Wildman–Crippen MR) is 108 cm³/mol. The Morgan fingerprint density at radius 1 is 1.18 bits per heavy atom. The van der Waals surface area contributed by atoms with E-state index in [-0.39, 0.29) is 5.91 Å². The van der Waals surface area contributed by atoms with Crippen molar-refractivity contribution in [3.63, 3.8) is 0 Å². The SMILES string of the molecule is CNc1ncc(C2=CCc3ccccc3O2)c2cc(C3(C(N)=O)CC3)ncc12. The summed E-state index contributed by atoms with van der Waals surface area (Å²) in [5, 5.41) is 4.94. The van der Waals surface area contributed by atoms with E-state index >= 15 is 0 Å². The molecule has 2 aromatic heterocycles. The molecule has 0 radical (unpaired) electrons. The van der Waals surface area contributed by atoms with Gasteiger partial charge in [-0.1, -0.05) is 18.2 Å². The Kier molecular flexibility index (Phi) is 3.62. The zero-order valence-electron chi connectivity index (χ0n) is 15.5. The van der Waals surface area contributed by atoms with E-state index in [1.54, 1.807) is 6.20 Å². The van der Waals surface area contributed by atoms with Gasteiger partial charge in [-0.2, -0.15) is 0 Å². The molecule has 1 saturated carbocycles. The monoisotopic (exact) mass is 372 g/mol. The third-order valence-electron chi connectivity index (χ3n) is 5.69. The van der Waals surface area contributed by atoms with Crippen molar-refractivity contribution >= 4 is 28.3 Å². The van der Waals surface area contributed by atoms with E-state index in [0.717, 1.165) is 64.2 Å². The topological polar surface area (TPSA) is 90.1 Å². The molecule has 28 heavy (non-hydrogen) atoms. The van der Waals surface area contributed by atoms with Crippen LogP contribution in [0.4, 0.5) is 5.82 Å². The highest BCUT2D eigenvalue weighted by atomic mass is 16.5. The number of para-hydroxylation sites is 1. The molecule has 6 heteroatoms. The number of rotatable bonds is 4. The van der Waals surface area contributed by atoms with Crippen molar-refractivity contribution in [2.24, 2.45) is 5.73 Å². The van der Waals surface area contributed by atoms with Crippen LogP contribution in [0.2, 0.25) is 0 Å². The Morgan fingerprint density at radius 3 is 2.75 bits per heavy atom. The van der Waals surface area contributed by atoms with E-state index in [1.807, 2.05) is 37.5 Å². The summed E-state index contributed by atoms with van der Waals surface area (Å²) in [6.07, 6.45) is 7.93. The van der Waals surface area contributed by atoms with Crippen LogP contribution in [0.1, 0.15) is 29.7 Å². The molecule has 0 unspecified atom stereocenters. The number of nitrogens with zero attached hydrogens (tertiary/aromatic N) is 2. The molecule has 1 amide bonds. The third kappa shape index (κ3) is 2.45. The Labute approximate surface area is 162 Å². The molecule has 1 aromatic carbocycles. The van der Waals surface area contributed by atoms with E-state index in [0.29, 0.717) is 0 Å². The summed E-state index contributed by atoms with van der Waals surface area (Å²) >= 11 is 0. The minimum Gasteiger partial charge on any atom is -0.457 e. The first-order valence-corrected chi connectivity index (χ1v) is 9.35. The highest BCUT2D eigenvalue weighted by Crippen LogP contribution is 2.48. The number of allylic oxidation sites excluding steroid dienone is 1. The summed E-state index contributed by atoms with van der Waals surface area (Å²) in [4.78, 5) is 21.1. The molecule has 1 fully saturated rings. The number of amides is 1. The summed E-state index contributed by atoms with van der Waals surface area (Å²) in [5.41, 5.74) is 7.78. The van der Waals surface area contributed by atoms with Crippen LogP contribution < -0.4 is 15.8 Å². The number of nitrogens with two attached hydrogens (primary N) is 1. The lowest BCUT2D eigenvalue weighted by Crippen LogP contribution is -2.29. The van der Waals surface area contributed by atoms with Crippen molar-refractivity contribution in [1.29, 1.82) is 0 Å². The summed E-state index contributed by atoms with van der Waals surface area (Å²) in [5.74, 6) is 2.04. The first kappa shape index (κ1) is 16.7. The lowest BCUT2D eigenvalue weighted by atomic mass is 9.96. The molecule has 5 rings (SSSR count). The van der Waals surface area contributed by atoms with E-state index in [9.17, 15) is 4.79 Å². The second-order valence-corrected chi connectivity index (χ2v) is 7.31. The molecule has 3 heterocycles. The zero-order chi connectivity index (χ0) is 19.3. The van der Waals surface area contributed by atoms with Crippen molar-refractivity contribution in [3.8, 4) is 5.75 Å². The van der Waals surface area contributed by atoms with Gasteiger partial charge >= 0.3 is 0 Å². The summed E-state index contributed by atoms with van der Waals surface area (Å²) in [6.45, 7) is 0. The maximum Gasteiger partial charge on any atom is 0.229 e. The number of benzene rings is 1. The second-order valence-electron chi connectivity index (χ2n) is 7.31. The van der Waals surface area contributed by atoms with Gasteiger partial charge in [0.05, 0.1) is 11.1 Å². The molecular weight excluding hydrogens is 352 g/mol. The summed E-state index contributed by atoms with van der Waals surface area (Å²) in [6, 6.07) is 9.98. The average Bonchev–Trinajstić information content (AvgIpc) is 3.54. The Bertz CT molecular complexity index is 1150. The fraction of sp³-hybridized carbons (Fsp3) is 0.227. The van der Waals surface area contributed by atoms with Crippen LogP contribution in [0, 0.1) is 0 Å². The minimum absolute atomic E-state index is 0.314. The quantitative estimate of drug-likeness (QED) is 0.734. The minimum atomic E-state index is -0.636. The Hall–Kier alpha value is -3.41. The largest absolute Gasteiger partial charge is 0.457 e. The third-order valence-corrected chi connectivity index (χ3v) is 5.69. The van der Waals surface area contributed by atoms with Crippen molar-refractivity contribution in [2.75, 3.05) is 12.4 Å². The number of ether oxygens (including phenoxy) is 1. The van der Waals surface area contributed by atoms with Gasteiger partial charge in [0.1, 0.15) is 17.3 Å². The van der Waals surface area contributed by atoms with Gasteiger partial charge in [-0.3, -0.25) is 9.78 Å². The van der Waals surface area contributed by atoms with Crippen molar-refractivity contribution in [1.82, 2.24) is 9.97 Å². The number of pyridine rings is 2. The maximum atomic E-state index is 12.0. The number of carbonyl (C=O) groups excluding carboxylic acids is 1.